The number of halogens is 3. The van der Waals surface area contributed by atoms with Gasteiger partial charge in [-0.25, -0.2) is 49.3 Å². The Hall–Kier alpha value is -3.64. The molecule has 47 heavy (non-hydrogen) atoms. The topological polar surface area (TPSA) is 135 Å². The predicted octanol–water partition coefficient (Wildman–Crippen LogP) is 4.54. The van der Waals surface area contributed by atoms with Crippen LogP contribution >= 0.6 is 11.3 Å². The highest BCUT2D eigenvalue weighted by Gasteiger charge is 2.29. The van der Waals surface area contributed by atoms with E-state index in [4.69, 9.17) is 14.7 Å². The average Bonchev–Trinajstić information content (AvgIpc) is 3.48. The third-order valence-electron chi connectivity index (χ3n) is 8.04. The van der Waals surface area contributed by atoms with Gasteiger partial charge in [0.1, 0.15) is 17.5 Å². The molecule has 250 valence electrons. The molecule has 11 nitrogen and oxygen atoms in total. The molecule has 2 aromatic heterocycles. The van der Waals surface area contributed by atoms with E-state index in [2.05, 4.69) is 4.98 Å². The first-order valence-corrected chi connectivity index (χ1v) is 18.9. The number of hydrogen-bond donors (Lipinski definition) is 1. The summed E-state index contributed by atoms with van der Waals surface area (Å²) >= 11 is 1.29. The van der Waals surface area contributed by atoms with Crippen molar-refractivity contribution in [2.24, 2.45) is 5.92 Å². The molecule has 0 spiro atoms. The molecule has 6 rings (SSSR count). The number of morpholine rings is 1. The van der Waals surface area contributed by atoms with E-state index in [0.29, 0.717) is 80.2 Å². The number of aromatic nitrogens is 3. The van der Waals surface area contributed by atoms with Gasteiger partial charge < -0.3 is 9.64 Å². The van der Waals surface area contributed by atoms with Gasteiger partial charge in [-0.05, 0) is 49.1 Å². The van der Waals surface area contributed by atoms with Crippen LogP contribution in [0.2, 0.25) is 0 Å². The van der Waals surface area contributed by atoms with Crippen molar-refractivity contribution in [3.8, 4) is 21.8 Å². The largest absolute Gasteiger partial charge is 0.378 e. The third kappa shape index (κ3) is 7.28. The van der Waals surface area contributed by atoms with Crippen molar-refractivity contribution in [1.82, 2.24) is 19.3 Å². The van der Waals surface area contributed by atoms with E-state index in [0.717, 1.165) is 24.3 Å². The standard InChI is InChI=1S/C30H31F3N6O5S3/c1-46(40,41)39-12-9-19(10-13-39)18-25-34-11-8-24(35-25)28-27(36-30(45-28)38-14-16-44-17-15-38)20-4-2-7-23(26(20)33)37-47(42,43)29-21(31)5-3-6-22(29)32/h2-8,11,19,37H,9-10,12-18H2,1H3. The number of ether oxygens (including phenoxy) is 1. The van der Waals surface area contributed by atoms with Crippen LogP contribution in [0.1, 0.15) is 18.7 Å². The van der Waals surface area contributed by atoms with Crippen LogP contribution in [-0.4, -0.2) is 81.7 Å². The SMILES string of the molecule is CS(=O)(=O)N1CCC(Cc2nccc(-c3sc(N4CCOCC4)nc3-c3cccc(NS(=O)(=O)c4c(F)cccc4F)c3F)n2)CC1. The summed E-state index contributed by atoms with van der Waals surface area (Å²) in [5.74, 6) is -2.89. The van der Waals surface area contributed by atoms with E-state index in [9.17, 15) is 25.6 Å². The monoisotopic (exact) mass is 708 g/mol. The quantitative estimate of drug-likeness (QED) is 0.266. The summed E-state index contributed by atoms with van der Waals surface area (Å²) in [5.41, 5.74) is 0.131. The van der Waals surface area contributed by atoms with E-state index in [1.165, 1.54) is 34.0 Å². The molecular formula is C30H31F3N6O5S3. The van der Waals surface area contributed by atoms with Gasteiger partial charge in [-0.3, -0.25) is 4.72 Å². The van der Waals surface area contributed by atoms with Crippen LogP contribution < -0.4 is 9.62 Å². The van der Waals surface area contributed by atoms with Gasteiger partial charge in [-0.15, -0.1) is 0 Å². The number of thiazole rings is 1. The van der Waals surface area contributed by atoms with Gasteiger partial charge in [0.15, 0.2) is 15.8 Å². The lowest BCUT2D eigenvalue weighted by atomic mass is 9.94. The smallest absolute Gasteiger partial charge is 0.267 e. The third-order valence-corrected chi connectivity index (χ3v) is 11.9. The van der Waals surface area contributed by atoms with Crippen molar-refractivity contribution in [2.75, 3.05) is 55.3 Å². The van der Waals surface area contributed by atoms with E-state index in [1.54, 1.807) is 12.3 Å². The highest BCUT2D eigenvalue weighted by Crippen LogP contribution is 2.42. The van der Waals surface area contributed by atoms with Gasteiger partial charge in [0.25, 0.3) is 10.0 Å². The Morgan fingerprint density at radius 1 is 0.936 bits per heavy atom. The Kier molecular flexibility index (Phi) is 9.53. The first-order valence-electron chi connectivity index (χ1n) is 14.8. The summed E-state index contributed by atoms with van der Waals surface area (Å²) in [6.45, 7) is 2.94. The lowest BCUT2D eigenvalue weighted by Crippen LogP contribution is -2.38. The molecule has 17 heteroatoms. The Bertz CT molecular complexity index is 1980. The van der Waals surface area contributed by atoms with Gasteiger partial charge >= 0.3 is 0 Å². The molecule has 4 heterocycles. The van der Waals surface area contributed by atoms with Gasteiger partial charge in [-0.1, -0.05) is 23.5 Å². The molecule has 1 N–H and O–H groups in total. The van der Waals surface area contributed by atoms with Crippen molar-refractivity contribution in [3.63, 3.8) is 0 Å². The number of hydrogen-bond acceptors (Lipinski definition) is 10. The van der Waals surface area contributed by atoms with Gasteiger partial charge in [-0.2, -0.15) is 0 Å². The highest BCUT2D eigenvalue weighted by molar-refractivity contribution is 7.92. The Morgan fingerprint density at radius 2 is 1.62 bits per heavy atom. The Labute approximate surface area is 274 Å². The van der Waals surface area contributed by atoms with Crippen molar-refractivity contribution in [2.45, 2.75) is 24.2 Å². The number of nitrogens with one attached hydrogen (secondary N) is 1. The predicted molar refractivity (Wildman–Crippen MR) is 172 cm³/mol. The normalized spacial score (nSPS) is 16.8. The second-order valence-electron chi connectivity index (χ2n) is 11.3. The molecule has 0 saturated carbocycles. The summed E-state index contributed by atoms with van der Waals surface area (Å²) in [4.78, 5) is 15.3. The Balaban J connectivity index is 1.34. The lowest BCUT2D eigenvalue weighted by molar-refractivity contribution is 0.122. The molecule has 2 fully saturated rings. The molecular weight excluding hydrogens is 678 g/mol. The minimum absolute atomic E-state index is 0.0433. The fourth-order valence-corrected chi connectivity index (χ4v) is 8.79. The molecule has 2 aliphatic heterocycles. The van der Waals surface area contributed by atoms with Gasteiger partial charge in [0.05, 0.1) is 41.4 Å². The zero-order valence-corrected chi connectivity index (χ0v) is 27.6. The van der Waals surface area contributed by atoms with E-state index >= 15 is 4.39 Å². The van der Waals surface area contributed by atoms with Crippen molar-refractivity contribution >= 4 is 42.2 Å². The van der Waals surface area contributed by atoms with E-state index in [-0.39, 0.29) is 17.2 Å². The Morgan fingerprint density at radius 3 is 2.30 bits per heavy atom. The average molecular weight is 709 g/mol. The minimum atomic E-state index is -4.84. The van der Waals surface area contributed by atoms with Crippen LogP contribution in [0.15, 0.2) is 53.6 Å². The fraction of sp³-hybridized carbons (Fsp3) is 0.367. The number of anilines is 2. The first kappa shape index (κ1) is 33.3. The van der Waals surface area contributed by atoms with Crippen LogP contribution in [-0.2, 0) is 31.2 Å². The van der Waals surface area contributed by atoms with Crippen LogP contribution in [0.3, 0.4) is 0 Å². The van der Waals surface area contributed by atoms with Crippen LogP contribution in [0, 0.1) is 23.4 Å². The lowest BCUT2D eigenvalue weighted by Gasteiger charge is -2.29. The van der Waals surface area contributed by atoms with Crippen molar-refractivity contribution in [3.05, 3.63) is 71.9 Å². The summed E-state index contributed by atoms with van der Waals surface area (Å²) < 4.78 is 104. The van der Waals surface area contributed by atoms with Crippen molar-refractivity contribution < 1.29 is 34.7 Å². The highest BCUT2D eigenvalue weighted by atomic mass is 32.2. The summed E-state index contributed by atoms with van der Waals surface area (Å²) in [5, 5.41) is 0.588. The molecule has 0 aliphatic carbocycles. The van der Waals surface area contributed by atoms with E-state index in [1.807, 2.05) is 9.62 Å². The second kappa shape index (κ2) is 13.5. The van der Waals surface area contributed by atoms with Crippen LogP contribution in [0.25, 0.3) is 21.8 Å². The zero-order valence-electron chi connectivity index (χ0n) is 25.2. The zero-order chi connectivity index (χ0) is 33.3. The summed E-state index contributed by atoms with van der Waals surface area (Å²) in [6, 6.07) is 8.32. The number of piperidine rings is 1. The number of benzene rings is 2. The number of sulfonamides is 2. The summed E-state index contributed by atoms with van der Waals surface area (Å²) in [7, 11) is -8.09. The maximum absolute atomic E-state index is 16.2. The molecule has 4 aromatic rings. The molecule has 0 bridgehead atoms. The number of rotatable bonds is 9. The van der Waals surface area contributed by atoms with E-state index < -0.39 is 48.1 Å². The minimum Gasteiger partial charge on any atom is -0.378 e. The summed E-state index contributed by atoms with van der Waals surface area (Å²) in [6.07, 6.45) is 4.66. The number of nitrogens with zero attached hydrogens (tertiary/aromatic N) is 5. The van der Waals surface area contributed by atoms with Gasteiger partial charge in [0, 0.05) is 44.4 Å². The fourth-order valence-electron chi connectivity index (χ4n) is 5.61. The molecule has 0 atom stereocenters. The maximum Gasteiger partial charge on any atom is 0.267 e. The van der Waals surface area contributed by atoms with Crippen LogP contribution in [0.5, 0.6) is 0 Å². The maximum atomic E-state index is 16.2. The van der Waals surface area contributed by atoms with Crippen molar-refractivity contribution in [1.29, 1.82) is 0 Å². The second-order valence-corrected chi connectivity index (χ2v) is 15.8. The molecule has 2 saturated heterocycles. The molecule has 0 unspecified atom stereocenters. The molecule has 2 aromatic carbocycles. The first-order chi connectivity index (χ1) is 22.4. The van der Waals surface area contributed by atoms with Crippen LogP contribution in [0.4, 0.5) is 24.0 Å². The molecule has 0 radical (unpaired) electrons. The van der Waals surface area contributed by atoms with Gasteiger partial charge in [0.2, 0.25) is 10.0 Å². The molecule has 2 aliphatic rings. The molecule has 0 amide bonds.